The molecule has 0 fully saturated rings. The number of aliphatic hydroxyl groups excluding tert-OH is 1. The van der Waals surface area contributed by atoms with Crippen LogP contribution in [0.1, 0.15) is 47.7 Å². The first kappa shape index (κ1) is 15.3. The number of hydrogen-bond acceptors (Lipinski definition) is 2. The number of benzene rings is 1. The van der Waals surface area contributed by atoms with Gasteiger partial charge in [-0.05, 0) is 31.0 Å². The molecule has 3 nitrogen and oxygen atoms in total. The molecule has 0 radical (unpaired) electrons. The highest BCUT2D eigenvalue weighted by Crippen LogP contribution is 2.10. The molecule has 0 aliphatic heterocycles. The molecular weight excluding hydrogens is 238 g/mol. The van der Waals surface area contributed by atoms with Gasteiger partial charge in [-0.1, -0.05) is 31.3 Å². The third-order valence-corrected chi connectivity index (χ3v) is 2.78. The van der Waals surface area contributed by atoms with E-state index in [0.29, 0.717) is 18.5 Å². The summed E-state index contributed by atoms with van der Waals surface area (Å²) in [5, 5.41) is 11.6. The maximum atomic E-state index is 11.9. The second kappa shape index (κ2) is 8.34. The Kier molecular flexibility index (Phi) is 6.70. The number of carbonyl (C=O) groups is 1. The Morgan fingerprint density at radius 2 is 2.21 bits per heavy atom. The maximum Gasteiger partial charge on any atom is 0.251 e. The number of aryl methyl sites for hydroxylation is 1. The first-order valence-electron chi connectivity index (χ1n) is 6.67. The zero-order valence-electron chi connectivity index (χ0n) is 11.6. The van der Waals surface area contributed by atoms with Crippen LogP contribution in [0, 0.1) is 18.8 Å². The van der Waals surface area contributed by atoms with Crippen molar-refractivity contribution in [2.75, 3.05) is 13.2 Å². The maximum absolute atomic E-state index is 11.9. The predicted octanol–water partition coefficient (Wildman–Crippen LogP) is 2.26. The third-order valence-electron chi connectivity index (χ3n) is 2.78. The summed E-state index contributed by atoms with van der Waals surface area (Å²) in [7, 11) is 0. The van der Waals surface area contributed by atoms with E-state index in [1.54, 1.807) is 6.07 Å². The lowest BCUT2D eigenvalue weighted by atomic mass is 10.0. The molecule has 0 aromatic heterocycles. The van der Waals surface area contributed by atoms with Gasteiger partial charge in [-0.25, -0.2) is 0 Å². The van der Waals surface area contributed by atoms with Crippen molar-refractivity contribution in [2.24, 2.45) is 0 Å². The Labute approximate surface area is 115 Å². The van der Waals surface area contributed by atoms with Gasteiger partial charge in [-0.15, -0.1) is 0 Å². The van der Waals surface area contributed by atoms with Crippen LogP contribution in [0.25, 0.3) is 0 Å². The third kappa shape index (κ3) is 5.15. The van der Waals surface area contributed by atoms with E-state index in [4.69, 9.17) is 5.11 Å². The van der Waals surface area contributed by atoms with Crippen molar-refractivity contribution in [1.82, 2.24) is 5.32 Å². The molecule has 1 aromatic rings. The fraction of sp³-hybridized carbons (Fsp3) is 0.438. The van der Waals surface area contributed by atoms with E-state index in [-0.39, 0.29) is 12.5 Å². The predicted molar refractivity (Wildman–Crippen MR) is 77.0 cm³/mol. The molecule has 0 saturated carbocycles. The largest absolute Gasteiger partial charge is 0.395 e. The molecule has 0 spiro atoms. The molecule has 0 aliphatic rings. The number of hydrogen-bond donors (Lipinski definition) is 2. The van der Waals surface area contributed by atoms with Crippen molar-refractivity contribution in [3.8, 4) is 11.8 Å². The number of aliphatic hydroxyl groups is 1. The minimum absolute atomic E-state index is 0.0568. The molecule has 19 heavy (non-hydrogen) atoms. The summed E-state index contributed by atoms with van der Waals surface area (Å²) in [6, 6.07) is 5.52. The van der Waals surface area contributed by atoms with Gasteiger partial charge in [0.2, 0.25) is 0 Å². The summed E-state index contributed by atoms with van der Waals surface area (Å²) in [6.07, 6.45) is 2.50. The smallest absolute Gasteiger partial charge is 0.251 e. The van der Waals surface area contributed by atoms with E-state index < -0.39 is 0 Å². The molecule has 1 aromatic carbocycles. The molecule has 3 heteroatoms. The Morgan fingerprint density at radius 1 is 1.42 bits per heavy atom. The molecule has 0 aliphatic carbocycles. The summed E-state index contributed by atoms with van der Waals surface area (Å²) >= 11 is 0. The summed E-state index contributed by atoms with van der Waals surface area (Å²) < 4.78 is 0. The standard InChI is InChI=1S/C16H21NO2/c1-3-4-10-17-16(19)15-9-8-13(2)14(12-15)7-5-6-11-18/h8-9,12,18H,3-4,6,10-11H2,1-2H3,(H,17,19). The summed E-state index contributed by atoms with van der Waals surface area (Å²) in [4.78, 5) is 11.9. The number of rotatable bonds is 5. The Morgan fingerprint density at radius 3 is 2.89 bits per heavy atom. The highest BCUT2D eigenvalue weighted by molar-refractivity contribution is 5.94. The highest BCUT2D eigenvalue weighted by atomic mass is 16.2. The van der Waals surface area contributed by atoms with E-state index in [9.17, 15) is 4.79 Å². The second-order valence-corrected chi connectivity index (χ2v) is 4.41. The van der Waals surface area contributed by atoms with Crippen molar-refractivity contribution in [2.45, 2.75) is 33.1 Å². The zero-order chi connectivity index (χ0) is 14.1. The minimum atomic E-state index is -0.0568. The van der Waals surface area contributed by atoms with Crippen LogP contribution in [0.2, 0.25) is 0 Å². The van der Waals surface area contributed by atoms with Crippen LogP contribution in [0.4, 0.5) is 0 Å². The van der Waals surface area contributed by atoms with Gasteiger partial charge in [-0.3, -0.25) is 4.79 Å². The first-order valence-corrected chi connectivity index (χ1v) is 6.67. The Bertz CT molecular complexity index is 483. The molecular formula is C16H21NO2. The lowest BCUT2D eigenvalue weighted by Crippen LogP contribution is -2.24. The van der Waals surface area contributed by atoms with E-state index in [0.717, 1.165) is 24.0 Å². The topological polar surface area (TPSA) is 49.3 Å². The first-order chi connectivity index (χ1) is 9.19. The van der Waals surface area contributed by atoms with Crippen molar-refractivity contribution in [3.05, 3.63) is 34.9 Å². The summed E-state index contributed by atoms with van der Waals surface area (Å²) in [5.41, 5.74) is 2.52. The fourth-order valence-electron chi connectivity index (χ4n) is 1.59. The van der Waals surface area contributed by atoms with Crippen LogP contribution in [0.3, 0.4) is 0 Å². The molecule has 0 heterocycles. The summed E-state index contributed by atoms with van der Waals surface area (Å²) in [5.74, 6) is 5.81. The van der Waals surface area contributed by atoms with Gasteiger partial charge in [0.15, 0.2) is 0 Å². The molecule has 0 atom stereocenters. The van der Waals surface area contributed by atoms with Crippen molar-refractivity contribution in [3.63, 3.8) is 0 Å². The van der Waals surface area contributed by atoms with Crippen LogP contribution in [-0.2, 0) is 0 Å². The molecule has 1 amide bonds. The monoisotopic (exact) mass is 259 g/mol. The van der Waals surface area contributed by atoms with E-state index >= 15 is 0 Å². The van der Waals surface area contributed by atoms with Crippen molar-refractivity contribution in [1.29, 1.82) is 0 Å². The Balaban J connectivity index is 2.78. The number of unbranched alkanes of at least 4 members (excludes halogenated alkanes) is 1. The normalized spacial score (nSPS) is 9.63. The second-order valence-electron chi connectivity index (χ2n) is 4.41. The zero-order valence-corrected chi connectivity index (χ0v) is 11.6. The molecule has 0 unspecified atom stereocenters. The van der Waals surface area contributed by atoms with Crippen LogP contribution >= 0.6 is 0 Å². The van der Waals surface area contributed by atoms with Crippen molar-refractivity contribution >= 4 is 5.91 Å². The van der Waals surface area contributed by atoms with Crippen LogP contribution in [0.5, 0.6) is 0 Å². The minimum Gasteiger partial charge on any atom is -0.395 e. The van der Waals surface area contributed by atoms with E-state index in [1.165, 1.54) is 0 Å². The van der Waals surface area contributed by atoms with Gasteiger partial charge < -0.3 is 10.4 Å². The SMILES string of the molecule is CCCCNC(=O)c1ccc(C)c(C#CCCO)c1. The van der Waals surface area contributed by atoms with Gasteiger partial charge in [-0.2, -0.15) is 0 Å². The molecule has 2 N–H and O–H groups in total. The van der Waals surface area contributed by atoms with E-state index in [2.05, 4.69) is 24.1 Å². The van der Waals surface area contributed by atoms with Gasteiger partial charge in [0.1, 0.15) is 0 Å². The number of nitrogens with one attached hydrogen (secondary N) is 1. The number of amides is 1. The average Bonchev–Trinajstić information content (AvgIpc) is 2.41. The Hall–Kier alpha value is -1.79. The number of carbonyl (C=O) groups excluding carboxylic acids is 1. The molecule has 102 valence electrons. The van der Waals surface area contributed by atoms with Crippen molar-refractivity contribution < 1.29 is 9.90 Å². The van der Waals surface area contributed by atoms with Gasteiger partial charge in [0.25, 0.3) is 5.91 Å². The quantitative estimate of drug-likeness (QED) is 0.629. The van der Waals surface area contributed by atoms with Crippen LogP contribution in [-0.4, -0.2) is 24.2 Å². The van der Waals surface area contributed by atoms with Gasteiger partial charge >= 0.3 is 0 Å². The van der Waals surface area contributed by atoms with E-state index in [1.807, 2.05) is 19.1 Å². The average molecular weight is 259 g/mol. The highest BCUT2D eigenvalue weighted by Gasteiger charge is 2.06. The van der Waals surface area contributed by atoms with Crippen LogP contribution in [0.15, 0.2) is 18.2 Å². The lowest BCUT2D eigenvalue weighted by molar-refractivity contribution is 0.0953. The molecule has 0 saturated heterocycles. The van der Waals surface area contributed by atoms with Crippen LogP contribution < -0.4 is 5.32 Å². The summed E-state index contributed by atoms with van der Waals surface area (Å²) in [6.45, 7) is 4.81. The molecule has 0 bridgehead atoms. The molecule has 1 rings (SSSR count). The van der Waals surface area contributed by atoms with Gasteiger partial charge in [0, 0.05) is 24.1 Å². The lowest BCUT2D eigenvalue weighted by Gasteiger charge is -2.06. The fourth-order valence-corrected chi connectivity index (χ4v) is 1.59. The van der Waals surface area contributed by atoms with Gasteiger partial charge in [0.05, 0.1) is 6.61 Å².